The van der Waals surface area contributed by atoms with Crippen LogP contribution >= 0.6 is 11.6 Å². The average molecular weight is 497 g/mol. The normalized spacial score (nSPS) is 11.4. The molecule has 1 heterocycles. The maximum atomic E-state index is 6.95. The van der Waals surface area contributed by atoms with E-state index in [0.29, 0.717) is 5.02 Å². The Labute approximate surface area is 222 Å². The van der Waals surface area contributed by atoms with Gasteiger partial charge in [-0.25, -0.2) is 4.98 Å². The lowest BCUT2D eigenvalue weighted by Gasteiger charge is -2.38. The van der Waals surface area contributed by atoms with E-state index in [1.165, 1.54) is 22.3 Å². The quantitative estimate of drug-likeness (QED) is 0.211. The Morgan fingerprint density at radius 2 is 0.973 bits per heavy atom. The van der Waals surface area contributed by atoms with Crippen molar-refractivity contribution in [2.24, 2.45) is 0 Å². The van der Waals surface area contributed by atoms with E-state index in [4.69, 9.17) is 11.6 Å². The van der Waals surface area contributed by atoms with Gasteiger partial charge in [0, 0.05) is 23.0 Å². The van der Waals surface area contributed by atoms with Gasteiger partial charge in [0.1, 0.15) is 5.54 Å². The van der Waals surface area contributed by atoms with Gasteiger partial charge < -0.3 is 4.57 Å². The first-order chi connectivity index (χ1) is 18.3. The van der Waals surface area contributed by atoms with E-state index in [-0.39, 0.29) is 0 Å². The highest BCUT2D eigenvalue weighted by atomic mass is 35.5. The zero-order valence-corrected chi connectivity index (χ0v) is 21.0. The summed E-state index contributed by atoms with van der Waals surface area (Å²) in [6.07, 6.45) is 5.71. The van der Waals surface area contributed by atoms with Crippen LogP contribution in [0.3, 0.4) is 0 Å². The van der Waals surface area contributed by atoms with Crippen LogP contribution in [-0.2, 0) is 5.54 Å². The van der Waals surface area contributed by atoms with Gasteiger partial charge in [-0.3, -0.25) is 0 Å². The molecule has 2 nitrogen and oxygen atoms in total. The first-order valence-corrected chi connectivity index (χ1v) is 12.7. The molecular formula is C34H25ClN2. The first kappa shape index (κ1) is 23.0. The van der Waals surface area contributed by atoms with Crippen LogP contribution in [0.25, 0.3) is 22.3 Å². The van der Waals surface area contributed by atoms with Crippen molar-refractivity contribution >= 4 is 11.6 Å². The van der Waals surface area contributed by atoms with Gasteiger partial charge in [-0.15, -0.1) is 0 Å². The number of hydrogen-bond acceptors (Lipinski definition) is 1. The van der Waals surface area contributed by atoms with Crippen molar-refractivity contribution in [1.29, 1.82) is 0 Å². The van der Waals surface area contributed by atoms with Crippen LogP contribution in [0.2, 0.25) is 5.02 Å². The Bertz CT molecular complexity index is 1510. The molecule has 1 aromatic heterocycles. The molecule has 0 bridgehead atoms. The fraction of sp³-hybridized carbons (Fsp3) is 0.0294. The Morgan fingerprint density at radius 1 is 0.514 bits per heavy atom. The molecular weight excluding hydrogens is 472 g/mol. The van der Waals surface area contributed by atoms with Crippen LogP contribution in [0.15, 0.2) is 152 Å². The van der Waals surface area contributed by atoms with Crippen molar-refractivity contribution in [3.8, 4) is 22.3 Å². The van der Waals surface area contributed by atoms with Crippen molar-refractivity contribution in [3.05, 3.63) is 174 Å². The number of hydrogen-bond donors (Lipinski definition) is 0. The van der Waals surface area contributed by atoms with E-state index in [9.17, 15) is 0 Å². The molecule has 5 aromatic carbocycles. The largest absolute Gasteiger partial charge is 0.319 e. The second-order valence-electron chi connectivity index (χ2n) is 9.05. The molecule has 0 amide bonds. The highest BCUT2D eigenvalue weighted by Crippen LogP contribution is 2.44. The lowest BCUT2D eigenvalue weighted by atomic mass is 9.76. The average Bonchev–Trinajstić information content (AvgIpc) is 3.51. The third kappa shape index (κ3) is 4.16. The van der Waals surface area contributed by atoms with Crippen LogP contribution in [-0.4, -0.2) is 9.55 Å². The molecule has 0 aliphatic rings. The highest BCUT2D eigenvalue weighted by Gasteiger charge is 2.39. The summed E-state index contributed by atoms with van der Waals surface area (Å²) in [7, 11) is 0. The van der Waals surface area contributed by atoms with Gasteiger partial charge in [0.05, 0.1) is 6.33 Å². The van der Waals surface area contributed by atoms with Gasteiger partial charge in [-0.1, -0.05) is 139 Å². The maximum Gasteiger partial charge on any atom is 0.123 e. The van der Waals surface area contributed by atoms with Crippen molar-refractivity contribution < 1.29 is 0 Å². The standard InChI is InChI=1S/C34H25ClN2/c35-33-14-8-7-13-32(33)34(37-24-23-36-25-37,30-19-15-28(16-20-30)26-9-3-1-4-10-26)31-21-17-29(18-22-31)27-11-5-2-6-12-27/h1-25H. The van der Waals surface area contributed by atoms with Gasteiger partial charge in [0.15, 0.2) is 0 Å². The van der Waals surface area contributed by atoms with Crippen LogP contribution < -0.4 is 0 Å². The molecule has 178 valence electrons. The van der Waals surface area contributed by atoms with Crippen molar-refractivity contribution in [3.63, 3.8) is 0 Å². The Hall–Kier alpha value is -4.40. The predicted molar refractivity (Wildman–Crippen MR) is 153 cm³/mol. The van der Waals surface area contributed by atoms with Gasteiger partial charge >= 0.3 is 0 Å². The molecule has 0 N–H and O–H groups in total. The van der Waals surface area contributed by atoms with Gasteiger partial charge in [0.25, 0.3) is 0 Å². The summed E-state index contributed by atoms with van der Waals surface area (Å²) in [5, 5.41) is 0.704. The third-order valence-electron chi connectivity index (χ3n) is 6.97. The van der Waals surface area contributed by atoms with Crippen molar-refractivity contribution in [2.45, 2.75) is 5.54 Å². The van der Waals surface area contributed by atoms with Crippen LogP contribution in [0.1, 0.15) is 16.7 Å². The van der Waals surface area contributed by atoms with E-state index < -0.39 is 5.54 Å². The fourth-order valence-corrected chi connectivity index (χ4v) is 5.47. The molecule has 0 radical (unpaired) electrons. The summed E-state index contributed by atoms with van der Waals surface area (Å²) in [5.41, 5.74) is 7.20. The van der Waals surface area contributed by atoms with E-state index >= 15 is 0 Å². The molecule has 37 heavy (non-hydrogen) atoms. The minimum atomic E-state index is -0.709. The third-order valence-corrected chi connectivity index (χ3v) is 7.30. The summed E-state index contributed by atoms with van der Waals surface area (Å²) in [4.78, 5) is 4.44. The molecule has 0 saturated carbocycles. The number of aromatic nitrogens is 2. The maximum absolute atomic E-state index is 6.95. The Balaban J connectivity index is 1.58. The van der Waals surface area contributed by atoms with Crippen LogP contribution in [0, 0.1) is 0 Å². The van der Waals surface area contributed by atoms with Gasteiger partial charge in [0.2, 0.25) is 0 Å². The van der Waals surface area contributed by atoms with Gasteiger partial charge in [-0.05, 0) is 39.4 Å². The van der Waals surface area contributed by atoms with E-state index in [1.54, 1.807) is 0 Å². The molecule has 0 unspecified atom stereocenters. The zero-order chi connectivity index (χ0) is 25.1. The van der Waals surface area contributed by atoms with E-state index in [0.717, 1.165) is 16.7 Å². The number of imidazole rings is 1. The lowest BCUT2D eigenvalue weighted by Crippen LogP contribution is -2.37. The molecule has 0 atom stereocenters. The molecule has 0 saturated heterocycles. The summed E-state index contributed by atoms with van der Waals surface area (Å²) in [6, 6.07) is 46.5. The number of halogens is 1. The predicted octanol–water partition coefficient (Wildman–Crippen LogP) is 8.71. The topological polar surface area (TPSA) is 17.8 Å². The highest BCUT2D eigenvalue weighted by molar-refractivity contribution is 6.31. The Morgan fingerprint density at radius 3 is 1.43 bits per heavy atom. The summed E-state index contributed by atoms with van der Waals surface area (Å²) < 4.78 is 2.16. The molecule has 0 aliphatic heterocycles. The number of rotatable bonds is 6. The lowest BCUT2D eigenvalue weighted by molar-refractivity contribution is 0.515. The second kappa shape index (κ2) is 9.93. The fourth-order valence-electron chi connectivity index (χ4n) is 5.20. The van der Waals surface area contributed by atoms with E-state index in [2.05, 4.69) is 113 Å². The first-order valence-electron chi connectivity index (χ1n) is 12.3. The smallest absolute Gasteiger partial charge is 0.123 e. The summed E-state index contributed by atoms with van der Waals surface area (Å²) in [6.45, 7) is 0. The Kier molecular flexibility index (Phi) is 6.18. The molecule has 0 fully saturated rings. The molecule has 6 aromatic rings. The molecule has 0 spiro atoms. The number of nitrogens with zero attached hydrogens (tertiary/aromatic N) is 2. The number of benzene rings is 5. The molecule has 0 aliphatic carbocycles. The second-order valence-corrected chi connectivity index (χ2v) is 9.45. The monoisotopic (exact) mass is 496 g/mol. The summed E-state index contributed by atoms with van der Waals surface area (Å²) >= 11 is 6.95. The van der Waals surface area contributed by atoms with Gasteiger partial charge in [-0.2, -0.15) is 0 Å². The van der Waals surface area contributed by atoms with Crippen molar-refractivity contribution in [2.75, 3.05) is 0 Å². The minimum absolute atomic E-state index is 0.704. The van der Waals surface area contributed by atoms with E-state index in [1.807, 2.05) is 49.1 Å². The summed E-state index contributed by atoms with van der Waals surface area (Å²) in [5.74, 6) is 0. The van der Waals surface area contributed by atoms with Crippen LogP contribution in [0.5, 0.6) is 0 Å². The minimum Gasteiger partial charge on any atom is -0.319 e. The zero-order valence-electron chi connectivity index (χ0n) is 20.2. The van der Waals surface area contributed by atoms with Crippen molar-refractivity contribution in [1.82, 2.24) is 9.55 Å². The van der Waals surface area contributed by atoms with Crippen LogP contribution in [0.4, 0.5) is 0 Å². The molecule has 6 rings (SSSR count). The SMILES string of the molecule is Clc1ccccc1C(c1ccc(-c2ccccc2)cc1)(c1ccc(-c2ccccc2)cc1)n1ccnc1. The molecule has 3 heteroatoms.